The van der Waals surface area contributed by atoms with Crippen molar-refractivity contribution in [2.24, 2.45) is 0 Å². The summed E-state index contributed by atoms with van der Waals surface area (Å²) in [7, 11) is 1.28. The number of nitrogens with zero attached hydrogens (tertiary/aromatic N) is 1. The number of methoxy groups -OCH3 is 1. The summed E-state index contributed by atoms with van der Waals surface area (Å²) in [5, 5.41) is 10.6. The summed E-state index contributed by atoms with van der Waals surface area (Å²) in [5.41, 5.74) is 1.35. The van der Waals surface area contributed by atoms with Crippen LogP contribution < -0.4 is 0 Å². The number of ether oxygens (including phenoxy) is 1. The molecule has 1 aromatic heterocycles. The number of benzene rings is 1. The quantitative estimate of drug-likeness (QED) is 0.805. The van der Waals surface area contributed by atoms with Gasteiger partial charge in [-0.25, -0.2) is 4.79 Å². The van der Waals surface area contributed by atoms with E-state index in [1.54, 1.807) is 6.20 Å². The molecule has 2 N–H and O–H groups in total. The summed E-state index contributed by atoms with van der Waals surface area (Å²) in [6.45, 7) is 0.137. The van der Waals surface area contributed by atoms with Crippen LogP contribution in [0.15, 0.2) is 30.5 Å². The molecule has 1 aliphatic heterocycles. The maximum Gasteiger partial charge on any atom is 0.328 e. The van der Waals surface area contributed by atoms with Gasteiger partial charge in [-0.3, -0.25) is 4.79 Å². The third kappa shape index (κ3) is 2.27. The number of fused-ring (bicyclic) bond motifs is 1. The van der Waals surface area contributed by atoms with Crippen molar-refractivity contribution in [3.05, 3.63) is 36.0 Å². The van der Waals surface area contributed by atoms with Crippen LogP contribution in [0.2, 0.25) is 0 Å². The molecule has 1 fully saturated rings. The van der Waals surface area contributed by atoms with E-state index in [0.29, 0.717) is 5.56 Å². The summed E-state index contributed by atoms with van der Waals surface area (Å²) in [6, 6.07) is 6.72. The third-order valence-corrected chi connectivity index (χ3v) is 3.83. The Bertz CT molecular complexity index is 694. The number of hydrogen-bond donors (Lipinski definition) is 2. The smallest absolute Gasteiger partial charge is 0.328 e. The van der Waals surface area contributed by atoms with Gasteiger partial charge in [-0.15, -0.1) is 0 Å². The number of carbonyl (C=O) groups excluding carboxylic acids is 2. The molecule has 1 aromatic carbocycles. The van der Waals surface area contributed by atoms with Gasteiger partial charge in [0, 0.05) is 30.1 Å². The molecule has 3 rings (SSSR count). The predicted octanol–water partition coefficient (Wildman–Crippen LogP) is 0.916. The maximum absolute atomic E-state index is 12.7. The first kappa shape index (κ1) is 13.6. The summed E-state index contributed by atoms with van der Waals surface area (Å²) in [5.74, 6) is -0.779. The van der Waals surface area contributed by atoms with Gasteiger partial charge in [0.2, 0.25) is 0 Å². The van der Waals surface area contributed by atoms with Crippen molar-refractivity contribution in [3.63, 3.8) is 0 Å². The summed E-state index contributed by atoms with van der Waals surface area (Å²) in [6.07, 6.45) is 1.13. The summed E-state index contributed by atoms with van der Waals surface area (Å²) in [4.78, 5) is 28.9. The van der Waals surface area contributed by atoms with Crippen LogP contribution in [0.1, 0.15) is 16.8 Å². The van der Waals surface area contributed by atoms with E-state index in [9.17, 15) is 14.7 Å². The van der Waals surface area contributed by atoms with E-state index in [0.717, 1.165) is 10.9 Å². The highest BCUT2D eigenvalue weighted by Crippen LogP contribution is 2.25. The zero-order valence-electron chi connectivity index (χ0n) is 11.6. The lowest BCUT2D eigenvalue weighted by atomic mass is 10.1. The number of amides is 1. The van der Waals surface area contributed by atoms with Gasteiger partial charge in [-0.05, 0) is 6.07 Å². The molecular weight excluding hydrogens is 272 g/mol. The van der Waals surface area contributed by atoms with Gasteiger partial charge in [-0.1, -0.05) is 18.2 Å². The van der Waals surface area contributed by atoms with E-state index in [1.807, 2.05) is 24.3 Å². The van der Waals surface area contributed by atoms with E-state index in [2.05, 4.69) is 4.98 Å². The Balaban J connectivity index is 1.95. The molecule has 0 radical (unpaired) electrons. The minimum Gasteiger partial charge on any atom is -0.467 e. The number of para-hydroxylation sites is 1. The largest absolute Gasteiger partial charge is 0.467 e. The fourth-order valence-corrected chi connectivity index (χ4v) is 2.80. The Morgan fingerprint density at radius 2 is 2.14 bits per heavy atom. The number of nitrogens with one attached hydrogen (secondary N) is 1. The van der Waals surface area contributed by atoms with E-state index < -0.39 is 18.1 Å². The minimum absolute atomic E-state index is 0.137. The van der Waals surface area contributed by atoms with E-state index in [-0.39, 0.29) is 18.9 Å². The minimum atomic E-state index is -0.730. The van der Waals surface area contributed by atoms with Gasteiger partial charge in [0.05, 0.1) is 18.8 Å². The van der Waals surface area contributed by atoms with Crippen LogP contribution in [0.4, 0.5) is 0 Å². The molecule has 110 valence electrons. The molecule has 6 nitrogen and oxygen atoms in total. The molecule has 0 spiro atoms. The number of aromatic nitrogens is 1. The SMILES string of the molecule is COC(=O)C1CC(O)CN1C(=O)c1c[nH]c2ccccc12. The van der Waals surface area contributed by atoms with Crippen LogP contribution in [0, 0.1) is 0 Å². The highest BCUT2D eigenvalue weighted by molar-refractivity contribution is 6.07. The number of likely N-dealkylation sites (tertiary alicyclic amines) is 1. The predicted molar refractivity (Wildman–Crippen MR) is 75.8 cm³/mol. The number of H-pyrrole nitrogens is 1. The zero-order chi connectivity index (χ0) is 15.0. The molecular formula is C15H16N2O4. The van der Waals surface area contributed by atoms with Gasteiger partial charge in [-0.2, -0.15) is 0 Å². The normalized spacial score (nSPS) is 21.7. The monoisotopic (exact) mass is 288 g/mol. The number of β-amino-alcohol motifs (C(OH)–C–C–N with tert-alkyl or cyclic N) is 1. The van der Waals surface area contributed by atoms with Gasteiger partial charge in [0.1, 0.15) is 6.04 Å². The Morgan fingerprint density at radius 1 is 1.38 bits per heavy atom. The van der Waals surface area contributed by atoms with Crippen LogP contribution in [-0.2, 0) is 9.53 Å². The molecule has 2 unspecified atom stereocenters. The van der Waals surface area contributed by atoms with Crippen molar-refractivity contribution in [1.29, 1.82) is 0 Å². The number of carbonyl (C=O) groups is 2. The number of aliphatic hydroxyl groups excluding tert-OH is 1. The van der Waals surface area contributed by atoms with E-state index in [1.165, 1.54) is 12.0 Å². The lowest BCUT2D eigenvalue weighted by molar-refractivity contribution is -0.145. The Labute approximate surface area is 121 Å². The Kier molecular flexibility index (Phi) is 3.39. The number of rotatable bonds is 2. The lowest BCUT2D eigenvalue weighted by Gasteiger charge is -2.22. The number of aromatic amines is 1. The Hall–Kier alpha value is -2.34. The number of aliphatic hydroxyl groups is 1. The van der Waals surface area contributed by atoms with Crippen LogP contribution in [0.25, 0.3) is 10.9 Å². The van der Waals surface area contributed by atoms with Crippen molar-refractivity contribution in [2.45, 2.75) is 18.6 Å². The topological polar surface area (TPSA) is 82.6 Å². The molecule has 6 heteroatoms. The van der Waals surface area contributed by atoms with Crippen LogP contribution in [-0.4, -0.2) is 52.7 Å². The van der Waals surface area contributed by atoms with Gasteiger partial charge >= 0.3 is 5.97 Å². The third-order valence-electron chi connectivity index (χ3n) is 3.83. The van der Waals surface area contributed by atoms with Gasteiger partial charge in [0.25, 0.3) is 5.91 Å². The molecule has 2 aromatic rings. The first-order chi connectivity index (χ1) is 10.1. The van der Waals surface area contributed by atoms with Crippen molar-refractivity contribution >= 4 is 22.8 Å². The standard InChI is InChI=1S/C15H16N2O4/c1-21-15(20)13-6-9(18)8-17(13)14(19)11-7-16-12-5-3-2-4-10(11)12/h2-5,7,9,13,16,18H,6,8H2,1H3. The molecule has 1 aliphatic rings. The second-order valence-corrected chi connectivity index (χ2v) is 5.13. The van der Waals surface area contributed by atoms with Crippen LogP contribution in [0.3, 0.4) is 0 Å². The molecule has 0 aliphatic carbocycles. The molecule has 0 bridgehead atoms. The fourth-order valence-electron chi connectivity index (χ4n) is 2.80. The number of esters is 1. The van der Waals surface area contributed by atoms with E-state index >= 15 is 0 Å². The second kappa shape index (κ2) is 5.21. The van der Waals surface area contributed by atoms with Crippen LogP contribution >= 0.6 is 0 Å². The lowest BCUT2D eigenvalue weighted by Crippen LogP contribution is -2.41. The fraction of sp³-hybridized carbons (Fsp3) is 0.333. The molecule has 21 heavy (non-hydrogen) atoms. The average molecular weight is 288 g/mol. The maximum atomic E-state index is 12.7. The Morgan fingerprint density at radius 3 is 2.90 bits per heavy atom. The highest BCUT2D eigenvalue weighted by Gasteiger charge is 2.40. The average Bonchev–Trinajstić information content (AvgIpc) is 3.09. The number of hydrogen-bond acceptors (Lipinski definition) is 4. The van der Waals surface area contributed by atoms with Crippen molar-refractivity contribution in [1.82, 2.24) is 9.88 Å². The van der Waals surface area contributed by atoms with Gasteiger partial charge in [0.15, 0.2) is 0 Å². The summed E-state index contributed by atoms with van der Waals surface area (Å²) < 4.78 is 4.72. The highest BCUT2D eigenvalue weighted by atomic mass is 16.5. The molecule has 0 saturated carbocycles. The van der Waals surface area contributed by atoms with Gasteiger partial charge < -0.3 is 19.7 Å². The molecule has 2 heterocycles. The first-order valence-corrected chi connectivity index (χ1v) is 6.74. The van der Waals surface area contributed by atoms with Crippen molar-refractivity contribution in [2.75, 3.05) is 13.7 Å². The van der Waals surface area contributed by atoms with Crippen molar-refractivity contribution < 1.29 is 19.4 Å². The molecule has 1 amide bonds. The van der Waals surface area contributed by atoms with Crippen molar-refractivity contribution in [3.8, 4) is 0 Å². The van der Waals surface area contributed by atoms with Crippen LogP contribution in [0.5, 0.6) is 0 Å². The second-order valence-electron chi connectivity index (χ2n) is 5.13. The summed E-state index contributed by atoms with van der Waals surface area (Å²) >= 11 is 0. The first-order valence-electron chi connectivity index (χ1n) is 6.74. The molecule has 1 saturated heterocycles. The zero-order valence-corrected chi connectivity index (χ0v) is 11.6. The molecule has 2 atom stereocenters. The van der Waals surface area contributed by atoms with E-state index in [4.69, 9.17) is 4.74 Å².